The molecule has 0 bridgehead atoms. The first-order chi connectivity index (χ1) is 21.4. The predicted octanol–water partition coefficient (Wildman–Crippen LogP) is 3.27. The Balaban J connectivity index is 1.23. The zero-order valence-electron chi connectivity index (χ0n) is 24.2. The molecule has 5 aromatic rings. The van der Waals surface area contributed by atoms with Gasteiger partial charge >= 0.3 is 6.09 Å². The summed E-state index contributed by atoms with van der Waals surface area (Å²) in [5, 5.41) is 12.1. The normalized spacial score (nSPS) is 15.6. The molecule has 0 saturated heterocycles. The molecule has 1 aliphatic carbocycles. The molecule has 1 saturated carbocycles. The Kier molecular flexibility index (Phi) is 7.10. The first kappa shape index (κ1) is 27.8. The minimum Gasteiger partial charge on any atom is -0.474 e. The summed E-state index contributed by atoms with van der Waals surface area (Å²) >= 11 is 0. The van der Waals surface area contributed by atoms with Gasteiger partial charge in [0.25, 0.3) is 5.91 Å². The van der Waals surface area contributed by atoms with Crippen LogP contribution in [0.4, 0.5) is 9.18 Å². The van der Waals surface area contributed by atoms with Crippen LogP contribution in [0.25, 0.3) is 33.6 Å². The summed E-state index contributed by atoms with van der Waals surface area (Å²) in [4.78, 5) is 44.4. The van der Waals surface area contributed by atoms with E-state index in [0.29, 0.717) is 66.2 Å². The van der Waals surface area contributed by atoms with E-state index in [1.165, 1.54) is 4.90 Å². The number of rotatable bonds is 11. The number of carbonyl (C=O) groups excluding carboxylic acids is 1. The number of alkyl halides is 1. The maximum Gasteiger partial charge on any atom is 0.405 e. The number of aryl methyl sites for hydroxylation is 1. The predicted molar refractivity (Wildman–Crippen MR) is 158 cm³/mol. The summed E-state index contributed by atoms with van der Waals surface area (Å²) in [7, 11) is 1.92. The van der Waals surface area contributed by atoms with Crippen LogP contribution in [-0.2, 0) is 26.6 Å². The number of ether oxygens (including phenoxy) is 1. The number of hydrogen-bond donors (Lipinski definition) is 2. The van der Waals surface area contributed by atoms with Crippen molar-refractivity contribution in [3.63, 3.8) is 0 Å². The van der Waals surface area contributed by atoms with Crippen molar-refractivity contribution in [1.82, 2.24) is 43.9 Å². The molecule has 2 amide bonds. The van der Waals surface area contributed by atoms with Gasteiger partial charge in [-0.15, -0.1) is 0 Å². The molecule has 14 heteroatoms. The van der Waals surface area contributed by atoms with E-state index in [4.69, 9.17) is 19.8 Å². The third-order valence-electron chi connectivity index (χ3n) is 8.30. The lowest BCUT2D eigenvalue weighted by Crippen LogP contribution is -2.48. The van der Waals surface area contributed by atoms with Crippen LogP contribution >= 0.6 is 0 Å². The molecule has 1 atom stereocenters. The first-order valence-electron chi connectivity index (χ1n) is 14.7. The number of nitrogens with zero attached hydrogens (tertiary/aromatic N) is 8. The van der Waals surface area contributed by atoms with Gasteiger partial charge in [0.1, 0.15) is 24.3 Å². The molecule has 2 aliphatic rings. The summed E-state index contributed by atoms with van der Waals surface area (Å²) < 4.78 is 25.8. The molecule has 13 nitrogen and oxygen atoms in total. The van der Waals surface area contributed by atoms with E-state index in [0.717, 1.165) is 36.0 Å². The van der Waals surface area contributed by atoms with Crippen molar-refractivity contribution in [3.05, 3.63) is 54.4 Å². The average Bonchev–Trinajstić information content (AvgIpc) is 3.38. The van der Waals surface area contributed by atoms with Crippen LogP contribution in [0.2, 0.25) is 0 Å². The van der Waals surface area contributed by atoms with E-state index in [1.807, 2.05) is 28.4 Å². The van der Waals surface area contributed by atoms with Gasteiger partial charge in [-0.2, -0.15) is 0 Å². The van der Waals surface area contributed by atoms with Gasteiger partial charge in [-0.05, 0) is 37.0 Å². The molecule has 0 spiro atoms. The quantitative estimate of drug-likeness (QED) is 0.235. The molecule has 0 unspecified atom stereocenters. The van der Waals surface area contributed by atoms with Gasteiger partial charge in [-0.25, -0.2) is 29.1 Å². The number of carbonyl (C=O) groups is 2. The second kappa shape index (κ2) is 11.2. The second-order valence-corrected chi connectivity index (χ2v) is 11.4. The summed E-state index contributed by atoms with van der Waals surface area (Å²) in [5.74, 6) is 1.53. The Bertz CT molecular complexity index is 1860. The van der Waals surface area contributed by atoms with Crippen LogP contribution in [0.1, 0.15) is 28.9 Å². The molecule has 0 radical (unpaired) electrons. The molecule has 228 valence electrons. The number of nitrogens with one attached hydrogen (secondary N) is 1. The van der Waals surface area contributed by atoms with Gasteiger partial charge < -0.3 is 33.8 Å². The van der Waals surface area contributed by atoms with Gasteiger partial charge in [0.05, 0.1) is 35.9 Å². The van der Waals surface area contributed by atoms with Crippen LogP contribution in [-0.4, -0.2) is 88.1 Å². The van der Waals surface area contributed by atoms with Crippen molar-refractivity contribution in [1.29, 1.82) is 0 Å². The van der Waals surface area contributed by atoms with Gasteiger partial charge in [0.15, 0.2) is 11.5 Å². The molecular weight excluding hydrogens is 569 g/mol. The Morgan fingerprint density at radius 3 is 2.86 bits per heavy atom. The Labute approximate surface area is 251 Å². The van der Waals surface area contributed by atoms with Gasteiger partial charge in [0, 0.05) is 57.1 Å². The molecule has 1 fully saturated rings. The lowest BCUT2D eigenvalue weighted by molar-refractivity contribution is 0.0712. The van der Waals surface area contributed by atoms with E-state index in [9.17, 15) is 14.0 Å². The highest BCUT2D eigenvalue weighted by atomic mass is 19.1. The number of hydrogen-bond acceptors (Lipinski definition) is 7. The summed E-state index contributed by atoms with van der Waals surface area (Å²) in [6.07, 6.45) is 8.61. The minimum absolute atomic E-state index is 0.0609. The summed E-state index contributed by atoms with van der Waals surface area (Å²) in [5.41, 5.74) is 4.11. The number of imidazole rings is 2. The maximum atomic E-state index is 13.4. The monoisotopic (exact) mass is 601 g/mol. The van der Waals surface area contributed by atoms with Crippen molar-refractivity contribution in [2.24, 2.45) is 13.0 Å². The number of amides is 2. The first-order valence-corrected chi connectivity index (χ1v) is 14.7. The molecule has 6 heterocycles. The highest BCUT2D eigenvalue weighted by molar-refractivity contribution is 5.99. The molecule has 1 aliphatic heterocycles. The molecule has 0 aromatic carbocycles. The van der Waals surface area contributed by atoms with E-state index < -0.39 is 18.8 Å². The number of pyridine rings is 2. The fourth-order valence-electron chi connectivity index (χ4n) is 5.90. The molecule has 44 heavy (non-hydrogen) atoms. The van der Waals surface area contributed by atoms with Crippen LogP contribution in [0.3, 0.4) is 0 Å². The number of aromatic nitrogens is 7. The topological polar surface area (TPSA) is 145 Å². The van der Waals surface area contributed by atoms with Crippen molar-refractivity contribution in [2.45, 2.75) is 38.4 Å². The van der Waals surface area contributed by atoms with E-state index >= 15 is 0 Å². The van der Waals surface area contributed by atoms with Crippen LogP contribution in [0, 0.1) is 5.92 Å². The Morgan fingerprint density at radius 2 is 2.11 bits per heavy atom. The SMILES string of the molecule is Cn1c(-c2cc3ccnc(OCCn4ccnc4)c3n2CC2CC2)nc2cc3c(nc21)CCN(C[C@@H](CF)NC(=O)O)C3=O. The maximum absolute atomic E-state index is 13.4. The van der Waals surface area contributed by atoms with Crippen LogP contribution in [0.5, 0.6) is 5.88 Å². The van der Waals surface area contributed by atoms with Gasteiger partial charge in [0.2, 0.25) is 5.88 Å². The number of carboxylic acid groups (broad SMARTS) is 1. The zero-order chi connectivity index (χ0) is 30.4. The van der Waals surface area contributed by atoms with Crippen molar-refractivity contribution in [3.8, 4) is 17.4 Å². The standard InChI is InChI=1S/C30H32FN9O4/c1-37-26-23(13-21-22(35-26)5-8-39(29(21)41)16-20(14-31)34-30(42)43)36-27(37)24-12-19-4-6-33-28(25(19)40(24)15-18-2-3-18)44-11-10-38-9-7-32-17-38/h4,6-7,9,12-13,17-18,20,34H,2-3,5,8,10-11,14-16H2,1H3,(H,42,43)/t20-/m1/s1. The van der Waals surface area contributed by atoms with E-state index in [1.54, 1.807) is 24.8 Å². The number of halogens is 1. The lowest BCUT2D eigenvalue weighted by Gasteiger charge is -2.30. The van der Waals surface area contributed by atoms with E-state index in [2.05, 4.69) is 25.9 Å². The number of fused-ring (bicyclic) bond motifs is 3. The van der Waals surface area contributed by atoms with Crippen LogP contribution in [0.15, 0.2) is 43.1 Å². The fourth-order valence-corrected chi connectivity index (χ4v) is 5.90. The van der Waals surface area contributed by atoms with Crippen molar-refractivity contribution < 1.29 is 23.8 Å². The lowest BCUT2D eigenvalue weighted by atomic mass is 10.0. The van der Waals surface area contributed by atoms with Crippen molar-refractivity contribution in [2.75, 3.05) is 26.4 Å². The molecule has 2 N–H and O–H groups in total. The third kappa shape index (κ3) is 5.20. The smallest absolute Gasteiger partial charge is 0.405 e. The highest BCUT2D eigenvalue weighted by Gasteiger charge is 2.31. The largest absolute Gasteiger partial charge is 0.474 e. The minimum atomic E-state index is -1.33. The van der Waals surface area contributed by atoms with E-state index in [-0.39, 0.29) is 12.5 Å². The molecule has 5 aromatic heterocycles. The van der Waals surface area contributed by atoms with Crippen LogP contribution < -0.4 is 10.1 Å². The second-order valence-electron chi connectivity index (χ2n) is 11.4. The Hall–Kier alpha value is -5.01. The molecular formula is C30H32FN9O4. The third-order valence-corrected chi connectivity index (χ3v) is 8.30. The zero-order valence-corrected chi connectivity index (χ0v) is 24.2. The van der Waals surface area contributed by atoms with Gasteiger partial charge in [-0.1, -0.05) is 0 Å². The fraction of sp³-hybridized carbons (Fsp3) is 0.400. The highest BCUT2D eigenvalue weighted by Crippen LogP contribution is 2.38. The Morgan fingerprint density at radius 1 is 1.25 bits per heavy atom. The summed E-state index contributed by atoms with van der Waals surface area (Å²) in [6.45, 7) is 1.25. The summed E-state index contributed by atoms with van der Waals surface area (Å²) in [6, 6.07) is 4.81. The van der Waals surface area contributed by atoms with Crippen molar-refractivity contribution >= 4 is 34.1 Å². The average molecular weight is 602 g/mol. The van der Waals surface area contributed by atoms with Gasteiger partial charge in [-0.3, -0.25) is 4.79 Å². The molecule has 7 rings (SSSR count).